The summed E-state index contributed by atoms with van der Waals surface area (Å²) in [5, 5.41) is 11.3. The lowest BCUT2D eigenvalue weighted by Gasteiger charge is -2.26. The number of hydrogen-bond donors (Lipinski definition) is 1. The van der Waals surface area contributed by atoms with E-state index in [0.717, 1.165) is 16.7 Å². The average Bonchev–Trinajstić information content (AvgIpc) is 3.18. The van der Waals surface area contributed by atoms with E-state index in [-0.39, 0.29) is 17.9 Å². The van der Waals surface area contributed by atoms with Crippen molar-refractivity contribution in [3.8, 4) is 5.75 Å². The molecule has 37 heavy (non-hydrogen) atoms. The zero-order valence-electron chi connectivity index (χ0n) is 20.5. The summed E-state index contributed by atoms with van der Waals surface area (Å²) in [7, 11) is 0. The van der Waals surface area contributed by atoms with E-state index in [0.29, 0.717) is 23.5 Å². The molecule has 0 radical (unpaired) electrons. The van der Waals surface area contributed by atoms with Gasteiger partial charge >= 0.3 is 0 Å². The molecule has 0 saturated carbocycles. The van der Waals surface area contributed by atoms with Crippen LogP contribution in [-0.2, 0) is 22.7 Å². The number of benzene rings is 4. The Bertz CT molecular complexity index is 1440. The summed E-state index contributed by atoms with van der Waals surface area (Å²) < 4.78 is 6.03. The molecule has 5 rings (SSSR count). The number of aryl methyl sites for hydroxylation is 1. The highest BCUT2D eigenvalue weighted by atomic mass is 16.5. The van der Waals surface area contributed by atoms with E-state index in [1.165, 1.54) is 4.90 Å². The second-order valence-electron chi connectivity index (χ2n) is 9.13. The van der Waals surface area contributed by atoms with Crippen molar-refractivity contribution in [2.75, 3.05) is 0 Å². The Balaban J connectivity index is 1.56. The first-order valence-electron chi connectivity index (χ1n) is 12.2. The first kappa shape index (κ1) is 24.1. The molecule has 0 aliphatic carbocycles. The molecular formula is C32H27NO4. The Morgan fingerprint density at radius 2 is 1.46 bits per heavy atom. The van der Waals surface area contributed by atoms with E-state index in [1.54, 1.807) is 12.1 Å². The Labute approximate surface area is 216 Å². The molecule has 0 aromatic heterocycles. The van der Waals surface area contributed by atoms with Crippen molar-refractivity contribution in [3.05, 3.63) is 143 Å². The third-order valence-corrected chi connectivity index (χ3v) is 6.48. The zero-order chi connectivity index (χ0) is 25.8. The van der Waals surface area contributed by atoms with E-state index in [2.05, 4.69) is 0 Å². The van der Waals surface area contributed by atoms with Crippen LogP contribution in [-0.4, -0.2) is 21.7 Å². The maximum Gasteiger partial charge on any atom is 0.295 e. The minimum Gasteiger partial charge on any atom is -0.507 e. The van der Waals surface area contributed by atoms with Crippen molar-refractivity contribution >= 4 is 17.4 Å². The second kappa shape index (κ2) is 10.5. The summed E-state index contributed by atoms with van der Waals surface area (Å²) in [5.74, 6) is -0.913. The van der Waals surface area contributed by atoms with Gasteiger partial charge in [-0.25, -0.2) is 0 Å². The third kappa shape index (κ3) is 5.16. The zero-order valence-corrected chi connectivity index (χ0v) is 20.5. The van der Waals surface area contributed by atoms with Gasteiger partial charge in [-0.2, -0.15) is 0 Å². The number of carbonyl (C=O) groups excluding carboxylic acids is 2. The fraction of sp³-hybridized carbons (Fsp3) is 0.125. The number of nitrogens with zero attached hydrogens (tertiary/aromatic N) is 1. The van der Waals surface area contributed by atoms with Crippen molar-refractivity contribution < 1.29 is 19.4 Å². The van der Waals surface area contributed by atoms with Crippen LogP contribution in [0.1, 0.15) is 33.9 Å². The van der Waals surface area contributed by atoms with E-state index in [9.17, 15) is 14.7 Å². The molecule has 1 unspecified atom stereocenters. The summed E-state index contributed by atoms with van der Waals surface area (Å²) in [5.41, 5.74) is 4.20. The number of carbonyl (C=O) groups is 2. The molecule has 1 heterocycles. The van der Waals surface area contributed by atoms with Gasteiger partial charge in [0.1, 0.15) is 18.1 Å². The highest BCUT2D eigenvalue weighted by Gasteiger charge is 2.46. The Hall–Kier alpha value is -4.64. The van der Waals surface area contributed by atoms with E-state index in [4.69, 9.17) is 4.74 Å². The van der Waals surface area contributed by atoms with Crippen LogP contribution in [0, 0.1) is 6.92 Å². The summed E-state index contributed by atoms with van der Waals surface area (Å²) in [6.07, 6.45) is 0. The normalized spacial score (nSPS) is 16.7. The number of aliphatic hydroxyl groups excluding tert-OH is 1. The summed E-state index contributed by atoms with van der Waals surface area (Å²) >= 11 is 0. The SMILES string of the molecule is Cc1ccc(/C(O)=C2\C(=O)C(=O)N(Cc3ccccc3)C2c2cccc(OCc3ccccc3)c2)cc1. The fourth-order valence-corrected chi connectivity index (χ4v) is 4.55. The number of ketones is 1. The van der Waals surface area contributed by atoms with Crippen LogP contribution in [0.2, 0.25) is 0 Å². The summed E-state index contributed by atoms with van der Waals surface area (Å²) in [4.78, 5) is 28.1. The number of Topliss-reactive ketones (excluding diaryl/α,β-unsaturated/α-hetero) is 1. The molecule has 1 aliphatic heterocycles. The highest BCUT2D eigenvalue weighted by Crippen LogP contribution is 2.41. The number of aliphatic hydroxyl groups is 1. The van der Waals surface area contributed by atoms with Gasteiger partial charge in [0.05, 0.1) is 11.6 Å². The standard InChI is InChI=1S/C32H27NO4/c1-22-15-17-25(18-16-22)30(34)28-29(33(32(36)31(28)35)20-23-9-4-2-5-10-23)26-13-8-14-27(19-26)37-21-24-11-6-3-7-12-24/h2-19,29,34H,20-21H2,1H3/b30-28+. The highest BCUT2D eigenvalue weighted by molar-refractivity contribution is 6.46. The van der Waals surface area contributed by atoms with Gasteiger partial charge in [0.15, 0.2) is 0 Å². The molecule has 0 bridgehead atoms. The van der Waals surface area contributed by atoms with Crippen molar-refractivity contribution in [3.63, 3.8) is 0 Å². The molecule has 1 fully saturated rings. The summed E-state index contributed by atoms with van der Waals surface area (Å²) in [6, 6.07) is 33.2. The molecule has 4 aromatic carbocycles. The first-order valence-corrected chi connectivity index (χ1v) is 12.2. The quantitative estimate of drug-likeness (QED) is 0.191. The number of likely N-dealkylation sites (tertiary alicyclic amines) is 1. The number of amides is 1. The summed E-state index contributed by atoms with van der Waals surface area (Å²) in [6.45, 7) is 2.57. The van der Waals surface area contributed by atoms with Crippen LogP contribution in [0.3, 0.4) is 0 Å². The van der Waals surface area contributed by atoms with Gasteiger partial charge in [0, 0.05) is 12.1 Å². The van der Waals surface area contributed by atoms with Crippen LogP contribution in [0.5, 0.6) is 5.75 Å². The van der Waals surface area contributed by atoms with Crippen LogP contribution in [0.15, 0.2) is 115 Å². The van der Waals surface area contributed by atoms with Gasteiger partial charge in [-0.3, -0.25) is 9.59 Å². The van der Waals surface area contributed by atoms with Gasteiger partial charge in [0.25, 0.3) is 11.7 Å². The topological polar surface area (TPSA) is 66.8 Å². The van der Waals surface area contributed by atoms with Gasteiger partial charge in [-0.15, -0.1) is 0 Å². The minimum absolute atomic E-state index is 0.0741. The molecule has 1 amide bonds. The van der Waals surface area contributed by atoms with Crippen LogP contribution in [0.4, 0.5) is 0 Å². The van der Waals surface area contributed by atoms with Gasteiger partial charge in [0.2, 0.25) is 0 Å². The van der Waals surface area contributed by atoms with E-state index >= 15 is 0 Å². The predicted octanol–water partition coefficient (Wildman–Crippen LogP) is 6.20. The van der Waals surface area contributed by atoms with Crippen LogP contribution >= 0.6 is 0 Å². The Morgan fingerprint density at radius 1 is 0.811 bits per heavy atom. The van der Waals surface area contributed by atoms with Crippen molar-refractivity contribution in [1.29, 1.82) is 0 Å². The molecule has 4 aromatic rings. The van der Waals surface area contributed by atoms with E-state index in [1.807, 2.05) is 104 Å². The Kier molecular flexibility index (Phi) is 6.86. The number of ether oxygens (including phenoxy) is 1. The molecule has 5 heteroatoms. The Morgan fingerprint density at radius 3 is 2.14 bits per heavy atom. The largest absolute Gasteiger partial charge is 0.507 e. The second-order valence-corrected chi connectivity index (χ2v) is 9.13. The van der Waals surface area contributed by atoms with Crippen molar-refractivity contribution in [2.24, 2.45) is 0 Å². The van der Waals surface area contributed by atoms with Gasteiger partial charge in [-0.05, 0) is 35.7 Å². The molecule has 1 atom stereocenters. The smallest absolute Gasteiger partial charge is 0.295 e. The lowest BCUT2D eigenvalue weighted by molar-refractivity contribution is -0.140. The van der Waals surface area contributed by atoms with Crippen LogP contribution in [0.25, 0.3) is 5.76 Å². The molecule has 1 aliphatic rings. The molecule has 1 N–H and O–H groups in total. The molecule has 0 spiro atoms. The average molecular weight is 490 g/mol. The predicted molar refractivity (Wildman–Crippen MR) is 143 cm³/mol. The molecule has 5 nitrogen and oxygen atoms in total. The van der Waals surface area contributed by atoms with Gasteiger partial charge in [-0.1, -0.05) is 103 Å². The minimum atomic E-state index is -0.762. The number of hydrogen-bond acceptors (Lipinski definition) is 4. The monoisotopic (exact) mass is 489 g/mol. The lowest BCUT2D eigenvalue weighted by Crippen LogP contribution is -2.29. The maximum atomic E-state index is 13.3. The first-order chi connectivity index (χ1) is 18.0. The van der Waals surface area contributed by atoms with Gasteiger partial charge < -0.3 is 14.7 Å². The third-order valence-electron chi connectivity index (χ3n) is 6.48. The molecular weight excluding hydrogens is 462 g/mol. The van der Waals surface area contributed by atoms with E-state index < -0.39 is 17.7 Å². The van der Waals surface area contributed by atoms with Crippen LogP contribution < -0.4 is 4.74 Å². The van der Waals surface area contributed by atoms with Crippen molar-refractivity contribution in [1.82, 2.24) is 4.90 Å². The maximum absolute atomic E-state index is 13.3. The van der Waals surface area contributed by atoms with Crippen molar-refractivity contribution in [2.45, 2.75) is 26.1 Å². The lowest BCUT2D eigenvalue weighted by atomic mass is 9.94. The molecule has 184 valence electrons. The molecule has 1 saturated heterocycles. The number of rotatable bonds is 7. The fourth-order valence-electron chi connectivity index (χ4n) is 4.55.